The minimum absolute atomic E-state index is 0.329. The number of hydrogen-bond donors (Lipinski definition) is 1. The van der Waals surface area contributed by atoms with Gasteiger partial charge in [-0.15, -0.1) is 0 Å². The Bertz CT molecular complexity index is 961. The summed E-state index contributed by atoms with van der Waals surface area (Å²) in [6.07, 6.45) is 3.68. The summed E-state index contributed by atoms with van der Waals surface area (Å²) < 4.78 is 2.57. The zero-order valence-electron chi connectivity index (χ0n) is 12.4. The molecule has 0 fully saturated rings. The van der Waals surface area contributed by atoms with Crippen molar-refractivity contribution in [3.05, 3.63) is 62.6 Å². The van der Waals surface area contributed by atoms with Crippen molar-refractivity contribution in [2.75, 3.05) is 0 Å². The predicted molar refractivity (Wildman–Crippen MR) is 86.6 cm³/mol. The van der Waals surface area contributed by atoms with Gasteiger partial charge in [-0.3, -0.25) is 13.9 Å². The van der Waals surface area contributed by atoms with Crippen molar-refractivity contribution in [1.29, 1.82) is 0 Å². The van der Waals surface area contributed by atoms with Crippen molar-refractivity contribution in [1.82, 2.24) is 19.1 Å². The monoisotopic (exact) mass is 296 g/mol. The Morgan fingerprint density at radius 1 is 1.18 bits per heavy atom. The molecule has 1 aromatic carbocycles. The molecule has 0 amide bonds. The number of hydrogen-bond acceptors (Lipinski definition) is 3. The van der Waals surface area contributed by atoms with Crippen LogP contribution in [0.1, 0.15) is 18.3 Å². The molecule has 0 aliphatic carbocycles. The molecule has 0 unspecified atom stereocenters. The van der Waals surface area contributed by atoms with Crippen LogP contribution in [0.3, 0.4) is 0 Å². The minimum Gasteiger partial charge on any atom is -0.333 e. The maximum absolute atomic E-state index is 12.3. The molecule has 2 heterocycles. The van der Waals surface area contributed by atoms with Gasteiger partial charge in [-0.25, -0.2) is 9.78 Å². The summed E-state index contributed by atoms with van der Waals surface area (Å²) in [5, 5.41) is 0. The minimum atomic E-state index is -0.356. The third-order valence-corrected chi connectivity index (χ3v) is 3.55. The average Bonchev–Trinajstić information content (AvgIpc) is 2.97. The Morgan fingerprint density at radius 2 is 1.91 bits per heavy atom. The van der Waals surface area contributed by atoms with Crippen LogP contribution in [0.5, 0.6) is 0 Å². The maximum atomic E-state index is 12.3. The quantitative estimate of drug-likeness (QED) is 0.798. The highest BCUT2D eigenvalue weighted by molar-refractivity contribution is 5.75. The van der Waals surface area contributed by atoms with Crippen LogP contribution < -0.4 is 11.2 Å². The highest BCUT2D eigenvalue weighted by Crippen LogP contribution is 2.09. The lowest BCUT2D eigenvalue weighted by Crippen LogP contribution is -2.38. The van der Waals surface area contributed by atoms with E-state index in [0.717, 1.165) is 5.56 Å². The largest absolute Gasteiger partial charge is 0.333 e. The molecule has 3 aromatic rings. The molecule has 0 atom stereocenters. The van der Waals surface area contributed by atoms with Crippen LogP contribution in [0.2, 0.25) is 0 Å². The second kappa shape index (κ2) is 5.48. The smallest absolute Gasteiger partial charge is 0.332 e. The number of aromatic amines is 1. The normalized spacial score (nSPS) is 11.5. The molecule has 1 N–H and O–H groups in total. The summed E-state index contributed by atoms with van der Waals surface area (Å²) in [5.41, 5.74) is 1.05. The van der Waals surface area contributed by atoms with Crippen molar-refractivity contribution >= 4 is 23.3 Å². The SMILES string of the molecule is CCn1c(=O)c2[nH]c(C=Cc3ccccc3)nc2n(C)c1=O. The number of rotatable bonds is 3. The van der Waals surface area contributed by atoms with Gasteiger partial charge in [0.05, 0.1) is 0 Å². The lowest BCUT2D eigenvalue weighted by molar-refractivity contribution is 0.637. The van der Waals surface area contributed by atoms with E-state index in [2.05, 4.69) is 9.97 Å². The molecule has 0 spiro atoms. The first-order chi connectivity index (χ1) is 10.6. The first-order valence-corrected chi connectivity index (χ1v) is 7.04. The van der Waals surface area contributed by atoms with E-state index in [1.165, 1.54) is 9.13 Å². The van der Waals surface area contributed by atoms with Gasteiger partial charge in [-0.2, -0.15) is 0 Å². The number of fused-ring (bicyclic) bond motifs is 1. The predicted octanol–water partition coefficient (Wildman–Crippen LogP) is 1.61. The van der Waals surface area contributed by atoms with Gasteiger partial charge in [0.15, 0.2) is 5.65 Å². The second-order valence-electron chi connectivity index (χ2n) is 4.96. The van der Waals surface area contributed by atoms with E-state index >= 15 is 0 Å². The van der Waals surface area contributed by atoms with Gasteiger partial charge in [0.1, 0.15) is 11.3 Å². The number of aromatic nitrogens is 4. The summed E-state index contributed by atoms with van der Waals surface area (Å²) in [6.45, 7) is 2.09. The Hall–Kier alpha value is -2.89. The van der Waals surface area contributed by atoms with Crippen molar-refractivity contribution in [2.45, 2.75) is 13.5 Å². The Balaban J connectivity index is 2.13. The fraction of sp³-hybridized carbons (Fsp3) is 0.188. The van der Waals surface area contributed by atoms with Crippen LogP contribution in [-0.4, -0.2) is 19.1 Å². The first kappa shape index (κ1) is 14.1. The third-order valence-electron chi connectivity index (χ3n) is 3.55. The number of aryl methyl sites for hydroxylation is 1. The lowest BCUT2D eigenvalue weighted by atomic mass is 10.2. The van der Waals surface area contributed by atoms with Gasteiger partial charge in [0.25, 0.3) is 5.56 Å². The zero-order valence-corrected chi connectivity index (χ0v) is 12.4. The molecule has 0 aliphatic rings. The Kier molecular flexibility index (Phi) is 3.50. The number of imidazole rings is 1. The van der Waals surface area contributed by atoms with Crippen LogP contribution in [-0.2, 0) is 13.6 Å². The van der Waals surface area contributed by atoms with E-state index in [9.17, 15) is 9.59 Å². The number of benzene rings is 1. The number of nitrogens with zero attached hydrogens (tertiary/aromatic N) is 3. The van der Waals surface area contributed by atoms with E-state index in [1.807, 2.05) is 36.4 Å². The Morgan fingerprint density at radius 3 is 2.59 bits per heavy atom. The van der Waals surface area contributed by atoms with Crippen LogP contribution in [0.15, 0.2) is 39.9 Å². The van der Waals surface area contributed by atoms with Gasteiger partial charge in [-0.05, 0) is 18.6 Å². The Labute approximate surface area is 126 Å². The molecule has 22 heavy (non-hydrogen) atoms. The van der Waals surface area contributed by atoms with Gasteiger partial charge in [-0.1, -0.05) is 36.4 Å². The molecular formula is C16H16N4O2. The van der Waals surface area contributed by atoms with Crippen molar-refractivity contribution in [2.24, 2.45) is 7.05 Å². The summed E-state index contributed by atoms with van der Waals surface area (Å²) in [4.78, 5) is 31.7. The molecular weight excluding hydrogens is 280 g/mol. The van der Waals surface area contributed by atoms with Crippen LogP contribution in [0, 0.1) is 0 Å². The van der Waals surface area contributed by atoms with Crippen LogP contribution in [0.4, 0.5) is 0 Å². The molecule has 0 bridgehead atoms. The molecule has 6 heteroatoms. The second-order valence-corrected chi connectivity index (χ2v) is 4.96. The maximum Gasteiger partial charge on any atom is 0.332 e. The molecule has 3 rings (SSSR count). The summed E-state index contributed by atoms with van der Waals surface area (Å²) >= 11 is 0. The zero-order chi connectivity index (χ0) is 15.7. The van der Waals surface area contributed by atoms with Gasteiger partial charge >= 0.3 is 5.69 Å². The van der Waals surface area contributed by atoms with E-state index < -0.39 is 0 Å². The van der Waals surface area contributed by atoms with Gasteiger partial charge in [0, 0.05) is 13.6 Å². The van der Waals surface area contributed by atoms with Gasteiger partial charge < -0.3 is 4.98 Å². The number of H-pyrrole nitrogens is 1. The van der Waals surface area contributed by atoms with Gasteiger partial charge in [0.2, 0.25) is 0 Å². The lowest BCUT2D eigenvalue weighted by Gasteiger charge is -2.03. The molecule has 0 radical (unpaired) electrons. The summed E-state index contributed by atoms with van der Waals surface area (Å²) in [5.74, 6) is 0.541. The summed E-state index contributed by atoms with van der Waals surface area (Å²) in [7, 11) is 1.61. The molecule has 0 saturated carbocycles. The topological polar surface area (TPSA) is 72.7 Å². The molecule has 112 valence electrons. The highest BCUT2D eigenvalue weighted by Gasteiger charge is 2.13. The molecule has 2 aromatic heterocycles. The fourth-order valence-corrected chi connectivity index (χ4v) is 2.36. The standard InChI is InChI=1S/C16H16N4O2/c1-3-20-15(21)13-14(19(2)16(20)22)18-12(17-13)10-9-11-7-5-4-6-8-11/h4-10H,3H2,1-2H3,(H,17,18). The summed E-state index contributed by atoms with van der Waals surface area (Å²) in [6, 6.07) is 9.78. The van der Waals surface area contributed by atoms with Crippen molar-refractivity contribution < 1.29 is 0 Å². The van der Waals surface area contributed by atoms with E-state index in [-0.39, 0.29) is 11.2 Å². The van der Waals surface area contributed by atoms with Crippen LogP contribution in [0.25, 0.3) is 23.3 Å². The average molecular weight is 296 g/mol. The highest BCUT2D eigenvalue weighted by atomic mass is 16.2. The van der Waals surface area contributed by atoms with Crippen molar-refractivity contribution in [3.8, 4) is 0 Å². The molecule has 6 nitrogen and oxygen atoms in total. The molecule has 0 aliphatic heterocycles. The van der Waals surface area contributed by atoms with E-state index in [4.69, 9.17) is 0 Å². The first-order valence-electron chi connectivity index (χ1n) is 7.04. The van der Waals surface area contributed by atoms with E-state index in [1.54, 1.807) is 20.0 Å². The van der Waals surface area contributed by atoms with E-state index in [0.29, 0.717) is 23.5 Å². The third kappa shape index (κ3) is 2.28. The van der Waals surface area contributed by atoms with Crippen LogP contribution >= 0.6 is 0 Å². The molecule has 0 saturated heterocycles. The number of nitrogens with one attached hydrogen (secondary N) is 1. The fourth-order valence-electron chi connectivity index (χ4n) is 2.36. The van der Waals surface area contributed by atoms with Crippen molar-refractivity contribution in [3.63, 3.8) is 0 Å².